The smallest absolute Gasteiger partial charge is 0.243 e. The summed E-state index contributed by atoms with van der Waals surface area (Å²) < 4.78 is 26.3. The van der Waals surface area contributed by atoms with Crippen molar-refractivity contribution in [2.45, 2.75) is 38.1 Å². The third-order valence-corrected chi connectivity index (χ3v) is 5.08. The van der Waals surface area contributed by atoms with Gasteiger partial charge in [0, 0.05) is 12.6 Å². The van der Waals surface area contributed by atoms with Gasteiger partial charge in [0.15, 0.2) is 0 Å². The molecule has 0 aliphatic rings. The van der Waals surface area contributed by atoms with Gasteiger partial charge in [0.1, 0.15) is 5.75 Å². The number of rotatable bonds is 5. The molecule has 18 heavy (non-hydrogen) atoms. The summed E-state index contributed by atoms with van der Waals surface area (Å²) in [7, 11) is -3.56. The maximum absolute atomic E-state index is 12.4. The maximum Gasteiger partial charge on any atom is 0.243 e. The lowest BCUT2D eigenvalue weighted by molar-refractivity contribution is 0.342. The Morgan fingerprint density at radius 1 is 1.39 bits per heavy atom. The molecule has 1 aromatic carbocycles. The topological polar surface area (TPSA) is 83.6 Å². The van der Waals surface area contributed by atoms with E-state index < -0.39 is 10.0 Å². The molecule has 0 aliphatic carbocycles. The molecule has 0 bridgehead atoms. The maximum atomic E-state index is 12.4. The SMILES string of the molecule is CCC(C)N(CC)S(=O)(=O)c1ccc(O)c(N)c1. The summed E-state index contributed by atoms with van der Waals surface area (Å²) >= 11 is 0. The Hall–Kier alpha value is -1.27. The number of phenolic OH excluding ortho intramolecular Hbond substituents is 1. The predicted molar refractivity (Wildman–Crippen MR) is 71.8 cm³/mol. The summed E-state index contributed by atoms with van der Waals surface area (Å²) in [6.45, 7) is 6.00. The Kier molecular flexibility index (Phi) is 4.59. The average molecular weight is 272 g/mol. The minimum atomic E-state index is -3.56. The number of nitrogens with zero attached hydrogens (tertiary/aromatic N) is 1. The van der Waals surface area contributed by atoms with Crippen LogP contribution in [0.25, 0.3) is 0 Å². The lowest BCUT2D eigenvalue weighted by Gasteiger charge is -2.26. The summed E-state index contributed by atoms with van der Waals surface area (Å²) in [5.74, 6) is -0.111. The molecular formula is C12H20N2O3S. The third kappa shape index (κ3) is 2.76. The number of anilines is 1. The molecule has 1 aromatic rings. The first-order valence-electron chi connectivity index (χ1n) is 5.94. The molecule has 102 valence electrons. The van der Waals surface area contributed by atoms with Crippen molar-refractivity contribution in [2.24, 2.45) is 0 Å². The van der Waals surface area contributed by atoms with Crippen molar-refractivity contribution in [1.82, 2.24) is 4.31 Å². The molecule has 6 heteroatoms. The third-order valence-electron chi connectivity index (χ3n) is 3.00. The van der Waals surface area contributed by atoms with Gasteiger partial charge in [-0.05, 0) is 31.5 Å². The van der Waals surface area contributed by atoms with Gasteiger partial charge in [-0.25, -0.2) is 8.42 Å². The van der Waals surface area contributed by atoms with Crippen molar-refractivity contribution < 1.29 is 13.5 Å². The van der Waals surface area contributed by atoms with Crippen molar-refractivity contribution in [2.75, 3.05) is 12.3 Å². The molecule has 0 saturated heterocycles. The van der Waals surface area contributed by atoms with Crippen LogP contribution in [0.3, 0.4) is 0 Å². The zero-order chi connectivity index (χ0) is 13.9. The fourth-order valence-corrected chi connectivity index (χ4v) is 3.50. The molecule has 1 rings (SSSR count). The summed E-state index contributed by atoms with van der Waals surface area (Å²) in [5, 5.41) is 9.33. The molecular weight excluding hydrogens is 252 g/mol. The van der Waals surface area contributed by atoms with Crippen LogP contribution in [-0.4, -0.2) is 30.4 Å². The fraction of sp³-hybridized carbons (Fsp3) is 0.500. The number of aromatic hydroxyl groups is 1. The van der Waals surface area contributed by atoms with E-state index in [9.17, 15) is 13.5 Å². The highest BCUT2D eigenvalue weighted by molar-refractivity contribution is 7.89. The Balaban J connectivity index is 3.23. The minimum Gasteiger partial charge on any atom is -0.506 e. The van der Waals surface area contributed by atoms with Gasteiger partial charge in [-0.15, -0.1) is 0 Å². The van der Waals surface area contributed by atoms with Crippen LogP contribution in [0.2, 0.25) is 0 Å². The molecule has 0 amide bonds. The second kappa shape index (κ2) is 5.58. The highest BCUT2D eigenvalue weighted by Crippen LogP contribution is 2.26. The number of phenols is 1. The van der Waals surface area contributed by atoms with E-state index in [4.69, 9.17) is 5.73 Å². The number of benzene rings is 1. The predicted octanol–water partition coefficient (Wildman–Crippen LogP) is 1.78. The van der Waals surface area contributed by atoms with E-state index in [1.165, 1.54) is 22.5 Å². The standard InChI is InChI=1S/C12H20N2O3S/c1-4-9(3)14(5-2)18(16,17)10-6-7-12(15)11(13)8-10/h6-9,15H,4-5,13H2,1-3H3. The van der Waals surface area contributed by atoms with E-state index in [2.05, 4.69) is 0 Å². The van der Waals surface area contributed by atoms with Crippen molar-refractivity contribution in [1.29, 1.82) is 0 Å². The fourth-order valence-electron chi connectivity index (χ4n) is 1.75. The molecule has 0 heterocycles. The Labute approximate surface area is 108 Å². The highest BCUT2D eigenvalue weighted by atomic mass is 32.2. The summed E-state index contributed by atoms with van der Waals surface area (Å²) in [4.78, 5) is 0.111. The molecule has 0 spiro atoms. The van der Waals surface area contributed by atoms with E-state index in [0.29, 0.717) is 6.54 Å². The number of hydrogen-bond donors (Lipinski definition) is 2. The zero-order valence-corrected chi connectivity index (χ0v) is 11.7. The monoisotopic (exact) mass is 272 g/mol. The molecule has 3 N–H and O–H groups in total. The highest BCUT2D eigenvalue weighted by Gasteiger charge is 2.27. The molecule has 1 atom stereocenters. The number of nitrogen functional groups attached to an aromatic ring is 1. The first-order chi connectivity index (χ1) is 8.34. The lowest BCUT2D eigenvalue weighted by atomic mass is 10.3. The molecule has 0 aromatic heterocycles. The Morgan fingerprint density at radius 2 is 2.00 bits per heavy atom. The first-order valence-corrected chi connectivity index (χ1v) is 7.38. The Morgan fingerprint density at radius 3 is 2.44 bits per heavy atom. The van der Waals surface area contributed by atoms with Crippen LogP contribution in [0.1, 0.15) is 27.2 Å². The number of nitrogens with two attached hydrogens (primary N) is 1. The van der Waals surface area contributed by atoms with Gasteiger partial charge in [0.2, 0.25) is 10.0 Å². The second-order valence-corrected chi connectivity index (χ2v) is 6.08. The van der Waals surface area contributed by atoms with Crippen LogP contribution in [0.4, 0.5) is 5.69 Å². The number of sulfonamides is 1. The van der Waals surface area contributed by atoms with Crippen molar-refractivity contribution >= 4 is 15.7 Å². The van der Waals surface area contributed by atoms with E-state index in [-0.39, 0.29) is 22.4 Å². The summed E-state index contributed by atoms with van der Waals surface area (Å²) in [6.07, 6.45) is 0.737. The van der Waals surface area contributed by atoms with Crippen LogP contribution in [0, 0.1) is 0 Å². The van der Waals surface area contributed by atoms with Crippen molar-refractivity contribution in [3.8, 4) is 5.75 Å². The van der Waals surface area contributed by atoms with Gasteiger partial charge in [-0.3, -0.25) is 0 Å². The lowest BCUT2D eigenvalue weighted by Crippen LogP contribution is -2.38. The quantitative estimate of drug-likeness (QED) is 0.632. The molecule has 5 nitrogen and oxygen atoms in total. The van der Waals surface area contributed by atoms with E-state index >= 15 is 0 Å². The van der Waals surface area contributed by atoms with Crippen molar-refractivity contribution in [3.63, 3.8) is 0 Å². The van der Waals surface area contributed by atoms with Crippen LogP contribution in [-0.2, 0) is 10.0 Å². The first kappa shape index (κ1) is 14.8. The van der Waals surface area contributed by atoms with Crippen LogP contribution < -0.4 is 5.73 Å². The van der Waals surface area contributed by atoms with Gasteiger partial charge in [0.05, 0.1) is 10.6 Å². The van der Waals surface area contributed by atoms with Gasteiger partial charge < -0.3 is 10.8 Å². The molecule has 0 radical (unpaired) electrons. The molecule has 1 unspecified atom stereocenters. The largest absolute Gasteiger partial charge is 0.506 e. The second-order valence-electron chi connectivity index (χ2n) is 4.19. The molecule has 0 aliphatic heterocycles. The van der Waals surface area contributed by atoms with Crippen LogP contribution >= 0.6 is 0 Å². The van der Waals surface area contributed by atoms with Crippen molar-refractivity contribution in [3.05, 3.63) is 18.2 Å². The van der Waals surface area contributed by atoms with Gasteiger partial charge in [-0.2, -0.15) is 4.31 Å². The number of hydrogen-bond acceptors (Lipinski definition) is 4. The van der Waals surface area contributed by atoms with Crippen LogP contribution in [0.5, 0.6) is 5.75 Å². The van der Waals surface area contributed by atoms with Crippen LogP contribution in [0.15, 0.2) is 23.1 Å². The molecule has 0 fully saturated rings. The van der Waals surface area contributed by atoms with Gasteiger partial charge in [-0.1, -0.05) is 13.8 Å². The zero-order valence-electron chi connectivity index (χ0n) is 10.9. The minimum absolute atomic E-state index is 0.0660. The van der Waals surface area contributed by atoms with E-state index in [1.54, 1.807) is 6.92 Å². The summed E-state index contributed by atoms with van der Waals surface area (Å²) in [5.41, 5.74) is 5.60. The molecule has 0 saturated carbocycles. The van der Waals surface area contributed by atoms with E-state index in [1.807, 2.05) is 13.8 Å². The normalized spacial score (nSPS) is 13.8. The Bertz CT molecular complexity index is 514. The average Bonchev–Trinajstić information content (AvgIpc) is 2.32. The van der Waals surface area contributed by atoms with Gasteiger partial charge >= 0.3 is 0 Å². The summed E-state index contributed by atoms with van der Waals surface area (Å²) in [6, 6.07) is 3.88. The van der Waals surface area contributed by atoms with E-state index in [0.717, 1.165) is 6.42 Å². The van der Waals surface area contributed by atoms with Gasteiger partial charge in [0.25, 0.3) is 0 Å².